The summed E-state index contributed by atoms with van der Waals surface area (Å²) in [5.74, 6) is -0.254. The minimum Gasteiger partial charge on any atom is -0.389 e. The first kappa shape index (κ1) is 15.9. The lowest BCUT2D eigenvalue weighted by atomic mass is 9.79. The lowest BCUT2D eigenvalue weighted by Crippen LogP contribution is -2.45. The highest BCUT2D eigenvalue weighted by Gasteiger charge is 2.32. The molecule has 1 aliphatic carbocycles. The topological polar surface area (TPSA) is 61.4 Å². The number of rotatable bonds is 5. The van der Waals surface area contributed by atoms with Crippen LogP contribution in [0.1, 0.15) is 32.6 Å². The van der Waals surface area contributed by atoms with Gasteiger partial charge in [-0.1, -0.05) is 31.9 Å². The molecule has 0 bridgehead atoms. The zero-order chi connectivity index (χ0) is 15.3. The summed E-state index contributed by atoms with van der Waals surface area (Å²) in [5, 5.41) is 15.9. The van der Waals surface area contributed by atoms with Crippen LogP contribution in [0.15, 0.2) is 24.3 Å². The smallest absolute Gasteiger partial charge is 0.238 e. The van der Waals surface area contributed by atoms with Gasteiger partial charge in [-0.2, -0.15) is 0 Å². The summed E-state index contributed by atoms with van der Waals surface area (Å²) >= 11 is 0. The van der Waals surface area contributed by atoms with Crippen molar-refractivity contribution in [3.63, 3.8) is 0 Å². The SMILES string of the molecule is CC1CCCC(O)(CNCC(=O)Nc2ccccc2F)C1. The first-order valence-electron chi connectivity index (χ1n) is 7.46. The van der Waals surface area contributed by atoms with Crippen LogP contribution in [0.4, 0.5) is 10.1 Å². The standard InChI is InChI=1S/C16H23FN2O2/c1-12-5-4-8-16(21,9-12)11-18-10-15(20)19-14-7-3-2-6-13(14)17/h2-3,6-7,12,18,21H,4-5,8-11H2,1H3,(H,19,20). The van der Waals surface area contributed by atoms with E-state index in [1.54, 1.807) is 12.1 Å². The zero-order valence-electron chi connectivity index (χ0n) is 12.4. The number of halogens is 1. The second kappa shape index (κ2) is 7.00. The van der Waals surface area contributed by atoms with E-state index in [-0.39, 0.29) is 18.1 Å². The lowest BCUT2D eigenvalue weighted by molar-refractivity contribution is -0.115. The van der Waals surface area contributed by atoms with Crippen molar-refractivity contribution in [3.8, 4) is 0 Å². The minimum atomic E-state index is -0.726. The zero-order valence-corrected chi connectivity index (χ0v) is 12.4. The predicted octanol–water partition coefficient (Wildman–Crippen LogP) is 2.29. The van der Waals surface area contributed by atoms with Crippen LogP contribution in [0, 0.1) is 11.7 Å². The second-order valence-electron chi connectivity index (χ2n) is 6.06. The van der Waals surface area contributed by atoms with Gasteiger partial charge >= 0.3 is 0 Å². The summed E-state index contributed by atoms with van der Waals surface area (Å²) in [5.41, 5.74) is -0.551. The van der Waals surface area contributed by atoms with Crippen molar-refractivity contribution in [3.05, 3.63) is 30.1 Å². The quantitative estimate of drug-likeness (QED) is 0.781. The molecule has 1 saturated carbocycles. The Morgan fingerprint density at radius 3 is 2.95 bits per heavy atom. The summed E-state index contributed by atoms with van der Waals surface area (Å²) < 4.78 is 13.4. The number of para-hydroxylation sites is 1. The fourth-order valence-corrected chi connectivity index (χ4v) is 2.96. The van der Waals surface area contributed by atoms with Gasteiger partial charge in [0, 0.05) is 6.54 Å². The monoisotopic (exact) mass is 294 g/mol. The number of carbonyl (C=O) groups is 1. The van der Waals surface area contributed by atoms with Crippen molar-refractivity contribution in [2.45, 2.75) is 38.2 Å². The molecule has 0 spiro atoms. The molecular weight excluding hydrogens is 271 g/mol. The van der Waals surface area contributed by atoms with Crippen LogP contribution < -0.4 is 10.6 Å². The van der Waals surface area contributed by atoms with E-state index >= 15 is 0 Å². The lowest BCUT2D eigenvalue weighted by Gasteiger charge is -2.35. The van der Waals surface area contributed by atoms with Gasteiger partial charge in [-0.05, 0) is 30.9 Å². The number of aliphatic hydroxyl groups is 1. The molecule has 4 nitrogen and oxygen atoms in total. The van der Waals surface area contributed by atoms with Gasteiger partial charge in [-0.25, -0.2) is 4.39 Å². The Bertz CT molecular complexity index is 495. The molecule has 0 heterocycles. The summed E-state index contributed by atoms with van der Waals surface area (Å²) in [6, 6.07) is 6.06. The average molecular weight is 294 g/mol. The Hall–Kier alpha value is -1.46. The number of anilines is 1. The molecule has 2 rings (SSSR count). The van der Waals surface area contributed by atoms with E-state index in [1.165, 1.54) is 12.1 Å². The van der Waals surface area contributed by atoms with E-state index < -0.39 is 11.4 Å². The van der Waals surface area contributed by atoms with E-state index in [2.05, 4.69) is 17.6 Å². The van der Waals surface area contributed by atoms with Crippen molar-refractivity contribution in [1.29, 1.82) is 0 Å². The highest BCUT2D eigenvalue weighted by atomic mass is 19.1. The number of nitrogens with one attached hydrogen (secondary N) is 2. The van der Waals surface area contributed by atoms with E-state index in [0.29, 0.717) is 12.5 Å². The van der Waals surface area contributed by atoms with Gasteiger partial charge in [-0.15, -0.1) is 0 Å². The van der Waals surface area contributed by atoms with Crippen LogP contribution in [0.25, 0.3) is 0 Å². The molecule has 0 aliphatic heterocycles. The number of carbonyl (C=O) groups excluding carboxylic acids is 1. The van der Waals surface area contributed by atoms with Gasteiger partial charge in [-0.3, -0.25) is 4.79 Å². The fourth-order valence-electron chi connectivity index (χ4n) is 2.96. The highest BCUT2D eigenvalue weighted by molar-refractivity contribution is 5.92. The summed E-state index contributed by atoms with van der Waals surface area (Å²) in [6.07, 6.45) is 3.69. The molecule has 1 aromatic rings. The van der Waals surface area contributed by atoms with Crippen LogP contribution in [-0.4, -0.2) is 29.7 Å². The summed E-state index contributed by atoms with van der Waals surface area (Å²) in [4.78, 5) is 11.8. The molecule has 1 amide bonds. The van der Waals surface area contributed by atoms with Crippen molar-refractivity contribution < 1.29 is 14.3 Å². The average Bonchev–Trinajstić information content (AvgIpc) is 2.41. The van der Waals surface area contributed by atoms with E-state index in [9.17, 15) is 14.3 Å². The van der Waals surface area contributed by atoms with Gasteiger partial charge in [0.05, 0.1) is 17.8 Å². The molecule has 1 fully saturated rings. The highest BCUT2D eigenvalue weighted by Crippen LogP contribution is 2.31. The molecule has 2 atom stereocenters. The third kappa shape index (κ3) is 4.79. The third-order valence-corrected chi connectivity index (χ3v) is 3.96. The summed E-state index contributed by atoms with van der Waals surface area (Å²) in [6.45, 7) is 2.59. The maximum absolute atomic E-state index is 13.4. The Morgan fingerprint density at radius 2 is 2.24 bits per heavy atom. The molecule has 2 unspecified atom stereocenters. The normalized spacial score (nSPS) is 25.6. The van der Waals surface area contributed by atoms with Crippen molar-refractivity contribution in [2.24, 2.45) is 5.92 Å². The number of amides is 1. The maximum atomic E-state index is 13.4. The molecule has 21 heavy (non-hydrogen) atoms. The van der Waals surface area contributed by atoms with Crippen molar-refractivity contribution in [1.82, 2.24) is 5.32 Å². The minimum absolute atomic E-state index is 0.0605. The molecule has 0 aromatic heterocycles. The van der Waals surface area contributed by atoms with Crippen LogP contribution in [-0.2, 0) is 4.79 Å². The number of hydrogen-bond acceptors (Lipinski definition) is 3. The van der Waals surface area contributed by atoms with Gasteiger partial charge < -0.3 is 15.7 Å². The van der Waals surface area contributed by atoms with E-state index in [1.807, 2.05) is 0 Å². The molecule has 5 heteroatoms. The van der Waals surface area contributed by atoms with Crippen LogP contribution in [0.5, 0.6) is 0 Å². The van der Waals surface area contributed by atoms with Gasteiger partial charge in [0.15, 0.2) is 0 Å². The van der Waals surface area contributed by atoms with Crippen LogP contribution >= 0.6 is 0 Å². The Balaban J connectivity index is 1.75. The predicted molar refractivity (Wildman–Crippen MR) is 80.5 cm³/mol. The third-order valence-electron chi connectivity index (χ3n) is 3.96. The first-order chi connectivity index (χ1) is 9.98. The van der Waals surface area contributed by atoms with E-state index in [4.69, 9.17) is 0 Å². The van der Waals surface area contributed by atoms with E-state index in [0.717, 1.165) is 25.7 Å². The van der Waals surface area contributed by atoms with Crippen LogP contribution in [0.3, 0.4) is 0 Å². The number of benzene rings is 1. The van der Waals surface area contributed by atoms with Crippen molar-refractivity contribution in [2.75, 3.05) is 18.4 Å². The van der Waals surface area contributed by atoms with Crippen molar-refractivity contribution >= 4 is 11.6 Å². The maximum Gasteiger partial charge on any atom is 0.238 e. The van der Waals surface area contributed by atoms with Crippen LogP contribution in [0.2, 0.25) is 0 Å². The Kier molecular flexibility index (Phi) is 5.31. The molecule has 1 aliphatic rings. The fraction of sp³-hybridized carbons (Fsp3) is 0.562. The molecule has 1 aromatic carbocycles. The molecular formula is C16H23FN2O2. The van der Waals surface area contributed by atoms with Gasteiger partial charge in [0.25, 0.3) is 0 Å². The summed E-state index contributed by atoms with van der Waals surface area (Å²) in [7, 11) is 0. The molecule has 116 valence electrons. The molecule has 0 saturated heterocycles. The van der Waals surface area contributed by atoms with Gasteiger partial charge in [0.2, 0.25) is 5.91 Å². The first-order valence-corrected chi connectivity index (χ1v) is 7.46. The largest absolute Gasteiger partial charge is 0.389 e. The Morgan fingerprint density at radius 1 is 1.48 bits per heavy atom. The Labute approximate surface area is 124 Å². The molecule has 3 N–H and O–H groups in total. The number of hydrogen-bond donors (Lipinski definition) is 3. The second-order valence-corrected chi connectivity index (χ2v) is 6.06. The molecule has 0 radical (unpaired) electrons. The van der Waals surface area contributed by atoms with Gasteiger partial charge in [0.1, 0.15) is 5.82 Å².